The second-order valence-electron chi connectivity index (χ2n) is 9.78. The number of carbonyl (C=O) groups excluding carboxylic acids is 1. The van der Waals surface area contributed by atoms with Gasteiger partial charge in [0.15, 0.2) is 5.65 Å². The predicted molar refractivity (Wildman–Crippen MR) is 130 cm³/mol. The zero-order chi connectivity index (χ0) is 22.8. The number of aryl methyl sites for hydroxylation is 1. The molecular weight excluding hydrogens is 420 g/mol. The van der Waals surface area contributed by atoms with Crippen molar-refractivity contribution in [3.63, 3.8) is 0 Å². The van der Waals surface area contributed by atoms with Crippen molar-refractivity contribution in [1.29, 1.82) is 0 Å². The average molecular weight is 451 g/mol. The molecule has 32 heavy (non-hydrogen) atoms. The van der Waals surface area contributed by atoms with Crippen molar-refractivity contribution in [3.05, 3.63) is 40.2 Å². The topological polar surface area (TPSA) is 78.3 Å². The van der Waals surface area contributed by atoms with Crippen LogP contribution in [0.25, 0.3) is 27.1 Å². The summed E-state index contributed by atoms with van der Waals surface area (Å²) in [5.41, 5.74) is 7.68. The molecule has 1 amide bonds. The fraction of sp³-hybridized carbons (Fsp3) is 0.458. The first-order valence-corrected chi connectivity index (χ1v) is 12.0. The van der Waals surface area contributed by atoms with Crippen LogP contribution in [-0.4, -0.2) is 55.6 Å². The second-order valence-corrected chi connectivity index (χ2v) is 10.8. The van der Waals surface area contributed by atoms with Crippen LogP contribution >= 0.6 is 11.3 Å². The fourth-order valence-electron chi connectivity index (χ4n) is 4.79. The van der Waals surface area contributed by atoms with Gasteiger partial charge >= 0.3 is 0 Å². The lowest BCUT2D eigenvalue weighted by atomic mass is 9.96. The van der Waals surface area contributed by atoms with E-state index in [1.807, 2.05) is 15.5 Å². The van der Waals surface area contributed by atoms with Crippen LogP contribution < -0.4 is 5.32 Å². The SMILES string of the molecule is Cc1c(-c2[nH]c3cc(C(=O)N4CCNC(C)(C)C4)sc3c2C(C)C)cn2ncnc2c1C. The van der Waals surface area contributed by atoms with Gasteiger partial charge in [0.1, 0.15) is 6.33 Å². The molecule has 168 valence electrons. The summed E-state index contributed by atoms with van der Waals surface area (Å²) in [7, 11) is 0. The molecule has 0 aliphatic carbocycles. The Balaban J connectivity index is 1.60. The van der Waals surface area contributed by atoms with E-state index in [0.717, 1.165) is 52.5 Å². The Hall–Kier alpha value is -2.71. The predicted octanol–water partition coefficient (Wildman–Crippen LogP) is 4.50. The number of nitrogens with zero attached hydrogens (tertiary/aromatic N) is 4. The lowest BCUT2D eigenvalue weighted by Crippen LogP contribution is -2.58. The first-order chi connectivity index (χ1) is 15.2. The molecule has 1 aliphatic rings. The number of thiophene rings is 1. The zero-order valence-corrected chi connectivity index (χ0v) is 20.4. The van der Waals surface area contributed by atoms with Gasteiger partial charge in [-0.15, -0.1) is 11.3 Å². The number of carbonyl (C=O) groups is 1. The minimum Gasteiger partial charge on any atom is -0.353 e. The van der Waals surface area contributed by atoms with Gasteiger partial charge < -0.3 is 15.2 Å². The summed E-state index contributed by atoms with van der Waals surface area (Å²) in [5.74, 6) is 0.436. The Bertz CT molecular complexity index is 1340. The van der Waals surface area contributed by atoms with Crippen LogP contribution in [0.3, 0.4) is 0 Å². The molecule has 4 aromatic heterocycles. The van der Waals surface area contributed by atoms with E-state index in [4.69, 9.17) is 0 Å². The number of nitrogens with one attached hydrogen (secondary N) is 2. The molecule has 0 aromatic carbocycles. The van der Waals surface area contributed by atoms with Crippen LogP contribution in [0.4, 0.5) is 0 Å². The maximum Gasteiger partial charge on any atom is 0.264 e. The van der Waals surface area contributed by atoms with Crippen molar-refractivity contribution in [1.82, 2.24) is 29.8 Å². The number of H-pyrrole nitrogens is 1. The number of hydrogen-bond donors (Lipinski definition) is 2. The largest absolute Gasteiger partial charge is 0.353 e. The Morgan fingerprint density at radius 1 is 1.25 bits per heavy atom. The number of rotatable bonds is 3. The summed E-state index contributed by atoms with van der Waals surface area (Å²) in [6, 6.07) is 2.03. The molecule has 0 atom stereocenters. The van der Waals surface area contributed by atoms with Crippen LogP contribution in [0, 0.1) is 13.8 Å². The Labute approximate surface area is 191 Å². The molecule has 0 spiro atoms. The summed E-state index contributed by atoms with van der Waals surface area (Å²) in [4.78, 5) is 24.1. The van der Waals surface area contributed by atoms with Gasteiger partial charge in [0.25, 0.3) is 5.91 Å². The van der Waals surface area contributed by atoms with Crippen LogP contribution in [-0.2, 0) is 0 Å². The molecule has 7 nitrogen and oxygen atoms in total. The molecule has 8 heteroatoms. The molecule has 0 saturated carbocycles. The van der Waals surface area contributed by atoms with E-state index >= 15 is 0 Å². The first kappa shape index (κ1) is 21.2. The van der Waals surface area contributed by atoms with E-state index in [-0.39, 0.29) is 11.4 Å². The highest BCUT2D eigenvalue weighted by Gasteiger charge is 2.31. The summed E-state index contributed by atoms with van der Waals surface area (Å²) < 4.78 is 3.01. The van der Waals surface area contributed by atoms with Gasteiger partial charge in [-0.25, -0.2) is 9.50 Å². The van der Waals surface area contributed by atoms with Gasteiger partial charge in [0.05, 0.1) is 20.8 Å². The van der Waals surface area contributed by atoms with Crippen molar-refractivity contribution < 1.29 is 4.79 Å². The van der Waals surface area contributed by atoms with Gasteiger partial charge in [0, 0.05) is 36.9 Å². The monoisotopic (exact) mass is 450 g/mol. The van der Waals surface area contributed by atoms with Crippen molar-refractivity contribution in [2.45, 2.75) is 53.0 Å². The quantitative estimate of drug-likeness (QED) is 0.482. The fourth-order valence-corrected chi connectivity index (χ4v) is 6.07. The van der Waals surface area contributed by atoms with Crippen molar-refractivity contribution in [3.8, 4) is 11.3 Å². The van der Waals surface area contributed by atoms with Gasteiger partial charge in [-0.3, -0.25) is 4.79 Å². The van der Waals surface area contributed by atoms with Crippen LogP contribution in [0.2, 0.25) is 0 Å². The number of hydrogen-bond acceptors (Lipinski definition) is 5. The van der Waals surface area contributed by atoms with Gasteiger partial charge in [-0.2, -0.15) is 5.10 Å². The highest BCUT2D eigenvalue weighted by atomic mass is 32.1. The number of aromatic nitrogens is 4. The maximum atomic E-state index is 13.3. The molecule has 2 N–H and O–H groups in total. The Morgan fingerprint density at radius 2 is 2.03 bits per heavy atom. The van der Waals surface area contributed by atoms with E-state index in [1.165, 1.54) is 15.8 Å². The molecule has 0 radical (unpaired) electrons. The van der Waals surface area contributed by atoms with Gasteiger partial charge in [-0.05, 0) is 56.4 Å². The molecular formula is C24H30N6OS. The van der Waals surface area contributed by atoms with Crippen molar-refractivity contribution in [2.75, 3.05) is 19.6 Å². The second kappa shape index (κ2) is 7.42. The average Bonchev–Trinajstić information content (AvgIpc) is 3.42. The zero-order valence-electron chi connectivity index (χ0n) is 19.5. The number of pyridine rings is 1. The third-order valence-corrected chi connectivity index (χ3v) is 7.70. The maximum absolute atomic E-state index is 13.3. The third-order valence-electron chi connectivity index (χ3n) is 6.55. The lowest BCUT2D eigenvalue weighted by Gasteiger charge is -2.38. The highest BCUT2D eigenvalue weighted by Crippen LogP contribution is 2.41. The number of piperazine rings is 1. The third kappa shape index (κ3) is 3.33. The van der Waals surface area contributed by atoms with Gasteiger partial charge in [0.2, 0.25) is 0 Å². The Kier molecular flexibility index (Phi) is 4.90. The van der Waals surface area contributed by atoms with E-state index in [2.05, 4.69) is 68.1 Å². The van der Waals surface area contributed by atoms with Gasteiger partial charge in [-0.1, -0.05) is 13.8 Å². The smallest absolute Gasteiger partial charge is 0.264 e. The number of aromatic amines is 1. The number of amides is 1. The molecule has 4 aromatic rings. The summed E-state index contributed by atoms with van der Waals surface area (Å²) in [6.07, 6.45) is 3.65. The normalized spacial score (nSPS) is 16.5. The minimum absolute atomic E-state index is 0.0578. The molecule has 0 unspecified atom stereocenters. The van der Waals surface area contributed by atoms with Crippen molar-refractivity contribution >= 4 is 33.1 Å². The van der Waals surface area contributed by atoms with E-state index in [0.29, 0.717) is 5.92 Å². The van der Waals surface area contributed by atoms with E-state index < -0.39 is 0 Å². The van der Waals surface area contributed by atoms with E-state index in [1.54, 1.807) is 17.7 Å². The molecule has 0 bridgehead atoms. The highest BCUT2D eigenvalue weighted by molar-refractivity contribution is 7.21. The van der Waals surface area contributed by atoms with E-state index in [9.17, 15) is 4.79 Å². The summed E-state index contributed by atoms with van der Waals surface area (Å²) >= 11 is 1.61. The van der Waals surface area contributed by atoms with Crippen LogP contribution in [0.5, 0.6) is 0 Å². The Morgan fingerprint density at radius 3 is 2.75 bits per heavy atom. The first-order valence-electron chi connectivity index (χ1n) is 11.2. The van der Waals surface area contributed by atoms with Crippen LogP contribution in [0.1, 0.15) is 60.0 Å². The lowest BCUT2D eigenvalue weighted by molar-refractivity contribution is 0.0657. The minimum atomic E-state index is -0.0578. The van der Waals surface area contributed by atoms with Crippen molar-refractivity contribution in [2.24, 2.45) is 0 Å². The molecule has 1 fully saturated rings. The molecule has 1 aliphatic heterocycles. The molecule has 5 rings (SSSR count). The summed E-state index contributed by atoms with van der Waals surface area (Å²) in [5, 5.41) is 7.84. The summed E-state index contributed by atoms with van der Waals surface area (Å²) in [6.45, 7) is 15.2. The molecule has 1 saturated heterocycles. The molecule has 5 heterocycles. The standard InChI is InChI=1S/C24H30N6OS/c1-13(2)19-20(16-10-30-22(25-12-27-30)15(4)14(16)3)28-17-9-18(32-21(17)19)23(31)29-8-7-26-24(5,6)11-29/h9-10,12-13,26,28H,7-8,11H2,1-6H3. The van der Waals surface area contributed by atoms with Crippen LogP contribution in [0.15, 0.2) is 18.6 Å². The number of fused-ring (bicyclic) bond motifs is 2.